The lowest BCUT2D eigenvalue weighted by molar-refractivity contribution is 0.247. The molecular weight excluding hydrogens is 190 g/mol. The van der Waals surface area contributed by atoms with Gasteiger partial charge in [0.1, 0.15) is 0 Å². The van der Waals surface area contributed by atoms with Gasteiger partial charge in [-0.15, -0.1) is 0 Å². The Morgan fingerprint density at radius 1 is 1.47 bits per heavy atom. The first-order valence-corrected chi connectivity index (χ1v) is 5.10. The summed E-state index contributed by atoms with van der Waals surface area (Å²) < 4.78 is 0. The smallest absolute Gasteiger partial charge is 0.321 e. The number of hydrogen-bond acceptors (Lipinski definition) is 2. The molecule has 0 aliphatic rings. The topological polar surface area (TPSA) is 58.4 Å². The van der Waals surface area contributed by atoms with Crippen LogP contribution in [0.3, 0.4) is 0 Å². The predicted molar refractivity (Wildman–Crippen MR) is 62.9 cm³/mol. The van der Waals surface area contributed by atoms with Crippen LogP contribution >= 0.6 is 0 Å². The zero-order valence-electron chi connectivity index (χ0n) is 9.16. The van der Waals surface area contributed by atoms with E-state index in [2.05, 4.69) is 5.32 Å². The summed E-state index contributed by atoms with van der Waals surface area (Å²) in [5, 5.41) is 2.76. The molecule has 2 amide bonds. The lowest BCUT2D eigenvalue weighted by Crippen LogP contribution is -2.39. The summed E-state index contributed by atoms with van der Waals surface area (Å²) in [5.74, 6) is 0. The number of carbonyl (C=O) groups excluding carboxylic acids is 1. The summed E-state index contributed by atoms with van der Waals surface area (Å²) in [6, 6.07) is 7.21. The fraction of sp³-hybridized carbons (Fsp3) is 0.364. The number of nitrogens with zero attached hydrogens (tertiary/aromatic N) is 1. The molecule has 0 aliphatic carbocycles. The molecule has 0 spiro atoms. The van der Waals surface area contributed by atoms with Crippen LogP contribution in [0.4, 0.5) is 16.2 Å². The van der Waals surface area contributed by atoms with Gasteiger partial charge in [0, 0.05) is 24.5 Å². The monoisotopic (exact) mass is 207 g/mol. The fourth-order valence-electron chi connectivity index (χ4n) is 1.38. The zero-order chi connectivity index (χ0) is 11.3. The molecule has 0 radical (unpaired) electrons. The molecule has 15 heavy (non-hydrogen) atoms. The number of amides is 2. The molecule has 1 rings (SSSR count). The molecule has 0 saturated heterocycles. The van der Waals surface area contributed by atoms with Crippen LogP contribution in [0.15, 0.2) is 24.3 Å². The maximum absolute atomic E-state index is 11.7. The molecule has 0 heterocycles. The van der Waals surface area contributed by atoms with Gasteiger partial charge in [0.05, 0.1) is 0 Å². The Morgan fingerprint density at radius 3 is 2.73 bits per heavy atom. The van der Waals surface area contributed by atoms with Crippen LogP contribution in [-0.2, 0) is 0 Å². The number of benzene rings is 1. The molecule has 0 unspecified atom stereocenters. The maximum Gasteiger partial charge on any atom is 0.321 e. The number of urea groups is 1. The highest BCUT2D eigenvalue weighted by Crippen LogP contribution is 2.17. The summed E-state index contributed by atoms with van der Waals surface area (Å²) in [6.45, 7) is 5.07. The Balaban J connectivity index is 2.87. The first kappa shape index (κ1) is 11.4. The molecule has 0 fully saturated rings. The average Bonchev–Trinajstić information content (AvgIpc) is 2.19. The molecule has 82 valence electrons. The SMILES string of the molecule is CCNC(=O)N(CC)c1cccc(N)c1. The van der Waals surface area contributed by atoms with Gasteiger partial charge in [0.25, 0.3) is 0 Å². The van der Waals surface area contributed by atoms with Gasteiger partial charge in [0.15, 0.2) is 0 Å². The number of anilines is 2. The molecule has 1 aromatic carbocycles. The average molecular weight is 207 g/mol. The van der Waals surface area contributed by atoms with E-state index in [1.54, 1.807) is 17.0 Å². The van der Waals surface area contributed by atoms with Gasteiger partial charge >= 0.3 is 6.03 Å². The van der Waals surface area contributed by atoms with E-state index < -0.39 is 0 Å². The minimum atomic E-state index is -0.0920. The Labute approximate surface area is 90.1 Å². The maximum atomic E-state index is 11.7. The number of carbonyl (C=O) groups is 1. The van der Waals surface area contributed by atoms with Crippen LogP contribution in [0.1, 0.15) is 13.8 Å². The van der Waals surface area contributed by atoms with Crippen molar-refractivity contribution in [3.05, 3.63) is 24.3 Å². The lowest BCUT2D eigenvalue weighted by Gasteiger charge is -2.21. The largest absolute Gasteiger partial charge is 0.399 e. The minimum absolute atomic E-state index is 0.0920. The van der Waals surface area contributed by atoms with Crippen LogP contribution in [0, 0.1) is 0 Å². The van der Waals surface area contributed by atoms with Gasteiger partial charge in [-0.05, 0) is 32.0 Å². The molecule has 4 nitrogen and oxygen atoms in total. The Hall–Kier alpha value is -1.71. The van der Waals surface area contributed by atoms with Crippen molar-refractivity contribution >= 4 is 17.4 Å². The van der Waals surface area contributed by atoms with Crippen molar-refractivity contribution in [3.8, 4) is 0 Å². The molecular formula is C11H17N3O. The quantitative estimate of drug-likeness (QED) is 0.743. The summed E-state index contributed by atoms with van der Waals surface area (Å²) in [5.41, 5.74) is 7.15. The van der Waals surface area contributed by atoms with Crippen molar-refractivity contribution in [2.45, 2.75) is 13.8 Å². The van der Waals surface area contributed by atoms with Crippen LogP contribution in [0.2, 0.25) is 0 Å². The molecule has 0 bridgehead atoms. The third-order valence-electron chi connectivity index (χ3n) is 2.07. The van der Waals surface area contributed by atoms with Crippen molar-refractivity contribution in [3.63, 3.8) is 0 Å². The number of nitrogens with two attached hydrogens (primary N) is 1. The van der Waals surface area contributed by atoms with E-state index in [9.17, 15) is 4.79 Å². The fourth-order valence-corrected chi connectivity index (χ4v) is 1.38. The molecule has 1 aromatic rings. The number of hydrogen-bond donors (Lipinski definition) is 2. The molecule has 0 aromatic heterocycles. The Bertz CT molecular complexity index is 338. The van der Waals surface area contributed by atoms with Crippen molar-refractivity contribution in [1.29, 1.82) is 0 Å². The number of nitrogens with one attached hydrogen (secondary N) is 1. The van der Waals surface area contributed by atoms with Gasteiger partial charge in [-0.25, -0.2) is 4.79 Å². The zero-order valence-corrected chi connectivity index (χ0v) is 9.16. The van der Waals surface area contributed by atoms with Crippen LogP contribution in [0.5, 0.6) is 0 Å². The van der Waals surface area contributed by atoms with Crippen LogP contribution < -0.4 is 16.0 Å². The number of rotatable bonds is 3. The van der Waals surface area contributed by atoms with Gasteiger partial charge in [0.2, 0.25) is 0 Å². The van der Waals surface area contributed by atoms with Gasteiger partial charge in [-0.2, -0.15) is 0 Å². The first-order chi connectivity index (χ1) is 7.19. The molecule has 0 atom stereocenters. The van der Waals surface area contributed by atoms with Crippen molar-refractivity contribution in [1.82, 2.24) is 5.32 Å². The third-order valence-corrected chi connectivity index (χ3v) is 2.07. The molecule has 3 N–H and O–H groups in total. The second kappa shape index (κ2) is 5.24. The summed E-state index contributed by atoms with van der Waals surface area (Å²) >= 11 is 0. The predicted octanol–water partition coefficient (Wildman–Crippen LogP) is 1.82. The van der Waals surface area contributed by atoms with E-state index >= 15 is 0 Å². The van der Waals surface area contributed by atoms with Crippen LogP contribution in [0.25, 0.3) is 0 Å². The highest BCUT2D eigenvalue weighted by molar-refractivity contribution is 5.92. The third kappa shape index (κ3) is 2.87. The summed E-state index contributed by atoms with van der Waals surface area (Å²) in [7, 11) is 0. The van der Waals surface area contributed by atoms with E-state index in [1.807, 2.05) is 26.0 Å². The standard InChI is InChI=1S/C11H17N3O/c1-3-13-11(15)14(4-2)10-7-5-6-9(12)8-10/h5-8H,3-4,12H2,1-2H3,(H,13,15). The van der Waals surface area contributed by atoms with Crippen LogP contribution in [-0.4, -0.2) is 19.1 Å². The lowest BCUT2D eigenvalue weighted by atomic mass is 10.2. The molecule has 0 aliphatic heterocycles. The van der Waals surface area contributed by atoms with Crippen molar-refractivity contribution in [2.75, 3.05) is 23.7 Å². The second-order valence-electron chi connectivity index (χ2n) is 3.17. The van der Waals surface area contributed by atoms with Crippen molar-refractivity contribution in [2.24, 2.45) is 0 Å². The van der Waals surface area contributed by atoms with E-state index in [0.29, 0.717) is 18.8 Å². The first-order valence-electron chi connectivity index (χ1n) is 5.10. The highest BCUT2D eigenvalue weighted by Gasteiger charge is 2.12. The second-order valence-corrected chi connectivity index (χ2v) is 3.17. The number of nitrogen functional groups attached to an aromatic ring is 1. The normalized spacial score (nSPS) is 9.73. The molecule has 0 saturated carbocycles. The van der Waals surface area contributed by atoms with Crippen molar-refractivity contribution < 1.29 is 4.79 Å². The van der Waals surface area contributed by atoms with Gasteiger partial charge in [-0.3, -0.25) is 4.90 Å². The van der Waals surface area contributed by atoms with E-state index in [0.717, 1.165) is 5.69 Å². The van der Waals surface area contributed by atoms with Gasteiger partial charge in [-0.1, -0.05) is 6.07 Å². The summed E-state index contributed by atoms with van der Waals surface area (Å²) in [6.07, 6.45) is 0. The highest BCUT2D eigenvalue weighted by atomic mass is 16.2. The Morgan fingerprint density at radius 2 is 2.20 bits per heavy atom. The van der Waals surface area contributed by atoms with Gasteiger partial charge < -0.3 is 11.1 Å². The van der Waals surface area contributed by atoms with E-state index in [1.165, 1.54) is 0 Å². The van der Waals surface area contributed by atoms with E-state index in [-0.39, 0.29) is 6.03 Å². The van der Waals surface area contributed by atoms with E-state index in [4.69, 9.17) is 5.73 Å². The summed E-state index contributed by atoms with van der Waals surface area (Å²) in [4.78, 5) is 13.3. The molecule has 4 heteroatoms. The Kier molecular flexibility index (Phi) is 3.97. The minimum Gasteiger partial charge on any atom is -0.399 e.